The van der Waals surface area contributed by atoms with Crippen LogP contribution >= 0.6 is 0 Å². The number of hydrogen-bond donors (Lipinski definition) is 1. The quantitative estimate of drug-likeness (QED) is 0.532. The Morgan fingerprint density at radius 1 is 0.946 bits per heavy atom. The first-order valence-electron chi connectivity index (χ1n) is 12.6. The maximum atomic E-state index is 13.8. The largest absolute Gasteiger partial charge is 0.351 e. The van der Waals surface area contributed by atoms with Crippen molar-refractivity contribution >= 4 is 27.3 Å². The van der Waals surface area contributed by atoms with Gasteiger partial charge in [-0.05, 0) is 81.2 Å². The molecule has 2 heterocycles. The SMILES string of the molecule is Cc1ccc(C)c(CN2C(=O)c3ccccc3S(=O)(=O)c3ccc(C(=O)NCCN4CCCC4)cc32)c1. The van der Waals surface area contributed by atoms with Crippen LogP contribution in [0.25, 0.3) is 0 Å². The molecule has 2 aliphatic heterocycles. The lowest BCUT2D eigenvalue weighted by Crippen LogP contribution is -2.34. The maximum absolute atomic E-state index is 13.8. The van der Waals surface area contributed by atoms with E-state index in [0.29, 0.717) is 12.1 Å². The number of sulfone groups is 1. The summed E-state index contributed by atoms with van der Waals surface area (Å²) in [7, 11) is -3.99. The number of amides is 2. The van der Waals surface area contributed by atoms with Crippen molar-refractivity contribution in [3.05, 3.63) is 88.5 Å². The summed E-state index contributed by atoms with van der Waals surface area (Å²) < 4.78 is 27.4. The highest BCUT2D eigenvalue weighted by atomic mass is 32.2. The summed E-state index contributed by atoms with van der Waals surface area (Å²) in [6.45, 7) is 7.50. The average Bonchev–Trinajstić information content (AvgIpc) is 3.40. The Kier molecular flexibility index (Phi) is 6.88. The molecule has 5 rings (SSSR count). The number of nitrogens with zero attached hydrogens (tertiary/aromatic N) is 2. The molecule has 0 radical (unpaired) electrons. The summed E-state index contributed by atoms with van der Waals surface area (Å²) in [6, 6.07) is 16.8. The van der Waals surface area contributed by atoms with Crippen LogP contribution in [0.4, 0.5) is 5.69 Å². The molecule has 1 N–H and O–H groups in total. The van der Waals surface area contributed by atoms with Gasteiger partial charge in [-0.15, -0.1) is 0 Å². The molecule has 1 fully saturated rings. The van der Waals surface area contributed by atoms with E-state index in [1.165, 1.54) is 42.0 Å². The molecule has 1 saturated heterocycles. The zero-order valence-electron chi connectivity index (χ0n) is 21.2. The third-order valence-corrected chi connectivity index (χ3v) is 9.06. The van der Waals surface area contributed by atoms with Gasteiger partial charge in [0.15, 0.2) is 0 Å². The number of likely N-dealkylation sites (tertiary alicyclic amines) is 1. The van der Waals surface area contributed by atoms with E-state index in [1.807, 2.05) is 32.0 Å². The first-order chi connectivity index (χ1) is 17.8. The van der Waals surface area contributed by atoms with Crippen molar-refractivity contribution in [3.63, 3.8) is 0 Å². The molecule has 0 atom stereocenters. The lowest BCUT2D eigenvalue weighted by molar-refractivity contribution is 0.0946. The fourth-order valence-electron chi connectivity index (χ4n) is 5.08. The third-order valence-electron chi connectivity index (χ3n) is 7.20. The summed E-state index contributed by atoms with van der Waals surface area (Å²) in [6.07, 6.45) is 2.36. The number of carbonyl (C=O) groups is 2. The van der Waals surface area contributed by atoms with E-state index in [9.17, 15) is 18.0 Å². The third kappa shape index (κ3) is 4.91. The number of benzene rings is 3. The Bertz CT molecular complexity index is 1480. The number of aryl methyl sites for hydroxylation is 2. The number of hydrogen-bond acceptors (Lipinski definition) is 5. The lowest BCUT2D eigenvalue weighted by Gasteiger charge is -2.24. The second-order valence-electron chi connectivity index (χ2n) is 9.81. The van der Waals surface area contributed by atoms with Gasteiger partial charge in [-0.25, -0.2) is 8.42 Å². The van der Waals surface area contributed by atoms with Crippen LogP contribution in [0.3, 0.4) is 0 Å². The molecule has 0 unspecified atom stereocenters. The predicted molar refractivity (Wildman–Crippen MR) is 143 cm³/mol. The molecule has 2 amide bonds. The number of carbonyl (C=O) groups excluding carboxylic acids is 2. The van der Waals surface area contributed by atoms with Crippen molar-refractivity contribution in [2.75, 3.05) is 31.1 Å². The van der Waals surface area contributed by atoms with E-state index in [4.69, 9.17) is 0 Å². The molecule has 7 nitrogen and oxygen atoms in total. The van der Waals surface area contributed by atoms with Crippen molar-refractivity contribution in [3.8, 4) is 0 Å². The van der Waals surface area contributed by atoms with Gasteiger partial charge in [-0.2, -0.15) is 0 Å². The Balaban J connectivity index is 1.55. The van der Waals surface area contributed by atoms with E-state index in [0.717, 1.165) is 36.3 Å². The van der Waals surface area contributed by atoms with Crippen LogP contribution in [-0.4, -0.2) is 51.3 Å². The molecule has 0 bridgehead atoms. The molecule has 0 aliphatic carbocycles. The van der Waals surface area contributed by atoms with Crippen molar-refractivity contribution < 1.29 is 18.0 Å². The van der Waals surface area contributed by atoms with Gasteiger partial charge in [0.05, 0.1) is 27.6 Å². The number of fused-ring (bicyclic) bond motifs is 2. The maximum Gasteiger partial charge on any atom is 0.259 e. The minimum atomic E-state index is -3.99. The highest BCUT2D eigenvalue weighted by Crippen LogP contribution is 2.38. The van der Waals surface area contributed by atoms with Crippen molar-refractivity contribution in [2.45, 2.75) is 43.0 Å². The standard InChI is InChI=1S/C29H31N3O4S/c1-20-9-10-21(2)23(17-20)19-32-25-18-22(28(33)30-13-16-31-14-5-6-15-31)11-12-27(25)37(35,36)26-8-4-3-7-24(26)29(32)34/h3-4,7-12,17-18H,5-6,13-16,19H2,1-2H3,(H,30,33). The molecule has 37 heavy (non-hydrogen) atoms. The van der Waals surface area contributed by atoms with Crippen LogP contribution in [0, 0.1) is 13.8 Å². The van der Waals surface area contributed by atoms with Gasteiger partial charge in [0, 0.05) is 18.7 Å². The topological polar surface area (TPSA) is 86.8 Å². The number of anilines is 1. The smallest absolute Gasteiger partial charge is 0.259 e. The van der Waals surface area contributed by atoms with Crippen LogP contribution in [0.1, 0.15) is 50.2 Å². The summed E-state index contributed by atoms with van der Waals surface area (Å²) in [5.74, 6) is -0.703. The fourth-order valence-corrected chi connectivity index (χ4v) is 6.71. The van der Waals surface area contributed by atoms with E-state index in [1.54, 1.807) is 18.2 Å². The van der Waals surface area contributed by atoms with Crippen LogP contribution in [0.2, 0.25) is 0 Å². The van der Waals surface area contributed by atoms with E-state index in [-0.39, 0.29) is 33.5 Å². The van der Waals surface area contributed by atoms with Gasteiger partial charge in [0.25, 0.3) is 11.8 Å². The summed E-state index contributed by atoms with van der Waals surface area (Å²) in [5, 5.41) is 2.94. The van der Waals surface area contributed by atoms with Gasteiger partial charge in [-0.3, -0.25) is 9.59 Å². The van der Waals surface area contributed by atoms with Crippen molar-refractivity contribution in [1.82, 2.24) is 10.2 Å². The van der Waals surface area contributed by atoms with Gasteiger partial charge >= 0.3 is 0 Å². The molecular weight excluding hydrogens is 486 g/mol. The zero-order chi connectivity index (χ0) is 26.2. The highest BCUT2D eigenvalue weighted by molar-refractivity contribution is 7.91. The van der Waals surface area contributed by atoms with Crippen LogP contribution < -0.4 is 10.2 Å². The Labute approximate surface area is 218 Å². The summed E-state index contributed by atoms with van der Waals surface area (Å²) >= 11 is 0. The van der Waals surface area contributed by atoms with E-state index in [2.05, 4.69) is 10.2 Å². The molecule has 192 valence electrons. The summed E-state index contributed by atoms with van der Waals surface area (Å²) in [5.41, 5.74) is 3.62. The van der Waals surface area contributed by atoms with Crippen LogP contribution in [0.5, 0.6) is 0 Å². The molecule has 8 heteroatoms. The number of rotatable bonds is 6. The second-order valence-corrected chi connectivity index (χ2v) is 11.7. The Morgan fingerprint density at radius 3 is 2.49 bits per heavy atom. The number of nitrogens with one attached hydrogen (secondary N) is 1. The van der Waals surface area contributed by atoms with Gasteiger partial charge in [0.2, 0.25) is 9.84 Å². The molecule has 0 spiro atoms. The van der Waals surface area contributed by atoms with E-state index < -0.39 is 15.7 Å². The second kappa shape index (κ2) is 10.1. The molecule has 0 aromatic heterocycles. The van der Waals surface area contributed by atoms with Gasteiger partial charge in [-0.1, -0.05) is 35.9 Å². The minimum absolute atomic E-state index is 0.0183. The molecule has 0 saturated carbocycles. The first-order valence-corrected chi connectivity index (χ1v) is 14.1. The minimum Gasteiger partial charge on any atom is -0.351 e. The monoisotopic (exact) mass is 517 g/mol. The first kappa shape index (κ1) is 25.2. The lowest BCUT2D eigenvalue weighted by atomic mass is 10.0. The van der Waals surface area contributed by atoms with Crippen LogP contribution in [0.15, 0.2) is 70.5 Å². The zero-order valence-corrected chi connectivity index (χ0v) is 22.0. The van der Waals surface area contributed by atoms with Gasteiger partial charge < -0.3 is 15.1 Å². The highest BCUT2D eigenvalue weighted by Gasteiger charge is 2.36. The van der Waals surface area contributed by atoms with Gasteiger partial charge in [0.1, 0.15) is 0 Å². The molecule has 3 aromatic rings. The Morgan fingerprint density at radius 2 is 1.70 bits per heavy atom. The molecular formula is C29H31N3O4S. The van der Waals surface area contributed by atoms with E-state index >= 15 is 0 Å². The molecule has 3 aromatic carbocycles. The van der Waals surface area contributed by atoms with Crippen molar-refractivity contribution in [1.29, 1.82) is 0 Å². The van der Waals surface area contributed by atoms with Crippen molar-refractivity contribution in [2.24, 2.45) is 0 Å². The van der Waals surface area contributed by atoms with Crippen LogP contribution in [-0.2, 0) is 16.4 Å². The normalized spacial score (nSPS) is 16.7. The Hall–Kier alpha value is -3.49. The predicted octanol–water partition coefficient (Wildman–Crippen LogP) is 4.12. The molecule has 2 aliphatic rings. The fraction of sp³-hybridized carbons (Fsp3) is 0.310. The average molecular weight is 518 g/mol. The summed E-state index contributed by atoms with van der Waals surface area (Å²) in [4.78, 5) is 30.7.